The molecule has 0 aliphatic rings. The van der Waals surface area contributed by atoms with E-state index in [1.807, 2.05) is 70.4 Å². The first-order valence-electron chi connectivity index (χ1n) is 10.7. The summed E-state index contributed by atoms with van der Waals surface area (Å²) in [7, 11) is -1.99. The molecule has 4 aromatic rings. The van der Waals surface area contributed by atoms with Crippen LogP contribution in [0.15, 0.2) is 30.6 Å². The van der Waals surface area contributed by atoms with E-state index in [9.17, 15) is 17.3 Å². The molecular weight excluding hydrogens is 594 g/mol. The Balaban J connectivity index is 0.000000383. The maximum Gasteiger partial charge on any atom is 1.00 e. The van der Waals surface area contributed by atoms with Crippen molar-refractivity contribution in [1.82, 2.24) is 33.9 Å². The molecule has 15 heteroatoms. The maximum atomic E-state index is 9.75. The summed E-state index contributed by atoms with van der Waals surface area (Å²) in [5.41, 5.74) is 6.23. The first-order valence-corrected chi connectivity index (χ1v) is 11.6. The van der Waals surface area contributed by atoms with Gasteiger partial charge in [0, 0.05) is 17.1 Å². The Kier molecular flexibility index (Phi) is 11.2. The molecule has 4 rings (SSSR count). The largest absolute Gasteiger partial charge is 1.00 e. The second kappa shape index (κ2) is 12.8. The summed E-state index contributed by atoms with van der Waals surface area (Å²) in [4.78, 5) is 0. The molecule has 0 amide bonds. The Labute approximate surface area is 227 Å². The summed E-state index contributed by atoms with van der Waals surface area (Å²) in [6.45, 7) is 12.2. The number of aromatic nitrogens is 8. The molecule has 0 fully saturated rings. The molecule has 0 aliphatic carbocycles. The van der Waals surface area contributed by atoms with E-state index in [4.69, 9.17) is 0 Å². The van der Waals surface area contributed by atoms with Crippen LogP contribution in [0.4, 0.5) is 17.3 Å². The van der Waals surface area contributed by atoms with Gasteiger partial charge in [-0.1, -0.05) is 0 Å². The predicted molar refractivity (Wildman–Crippen MR) is 127 cm³/mol. The molecule has 0 saturated carbocycles. The van der Waals surface area contributed by atoms with Crippen molar-refractivity contribution in [1.29, 1.82) is 0 Å². The van der Waals surface area contributed by atoms with Crippen molar-refractivity contribution in [3.63, 3.8) is 0 Å². The molecule has 0 atom stereocenters. The van der Waals surface area contributed by atoms with Crippen molar-refractivity contribution in [3.8, 4) is 0 Å². The van der Waals surface area contributed by atoms with Gasteiger partial charge in [0.2, 0.25) is 6.29 Å². The van der Waals surface area contributed by atoms with Crippen LogP contribution in [0.5, 0.6) is 0 Å². The Bertz CT molecular complexity index is 1140. The molecule has 36 heavy (non-hydrogen) atoms. The number of halogens is 4. The second-order valence-corrected chi connectivity index (χ2v) is 9.02. The van der Waals surface area contributed by atoms with Gasteiger partial charge in [0.25, 0.3) is 0 Å². The smallest absolute Gasteiger partial charge is 0.418 e. The number of nitrogens with zero attached hydrogens (tertiary/aromatic N) is 8. The minimum atomic E-state index is -6.00. The summed E-state index contributed by atoms with van der Waals surface area (Å²) in [6, 6.07) is 6.22. The molecule has 0 bridgehead atoms. The molecule has 0 radical (unpaired) electrons. The van der Waals surface area contributed by atoms with Crippen LogP contribution in [-0.4, -0.2) is 57.2 Å². The topological polar surface area (TPSA) is 62.3 Å². The van der Waals surface area contributed by atoms with Gasteiger partial charge in [-0.15, -0.1) is 0 Å². The van der Waals surface area contributed by atoms with Crippen LogP contribution in [0.2, 0.25) is 0 Å². The first-order chi connectivity index (χ1) is 16.1. The molecule has 4 heterocycles. The van der Waals surface area contributed by atoms with Crippen molar-refractivity contribution in [2.45, 2.75) is 47.8 Å². The molecule has 0 spiro atoms. The van der Waals surface area contributed by atoms with Crippen molar-refractivity contribution in [3.05, 3.63) is 64.8 Å². The van der Waals surface area contributed by atoms with Crippen LogP contribution in [0.3, 0.4) is 0 Å². The maximum absolute atomic E-state index is 9.75. The van der Waals surface area contributed by atoms with Gasteiger partial charge in [-0.3, -0.25) is 0 Å². The van der Waals surface area contributed by atoms with Crippen LogP contribution < -0.4 is 9.29 Å². The van der Waals surface area contributed by atoms with Gasteiger partial charge in [-0.2, -0.15) is 15.3 Å². The van der Waals surface area contributed by atoms with Gasteiger partial charge in [0.15, 0.2) is 0 Å². The number of hydrogen-bond acceptors (Lipinski definition) is 3. The fourth-order valence-corrected chi connectivity index (χ4v) is 3.78. The van der Waals surface area contributed by atoms with Crippen LogP contribution >= 0.6 is 0 Å². The van der Waals surface area contributed by atoms with Gasteiger partial charge >= 0.3 is 80.7 Å². The van der Waals surface area contributed by atoms with Gasteiger partial charge in [0.1, 0.15) is 0 Å². The zero-order valence-corrected chi connectivity index (χ0v) is 24.0. The standard InChI is InChI=1S/C16H22N6.C5H8N2Se.BF4.Cu/c1-10-7-13(4)20(17-10)16(21-14(5)8-11(2)18-21)22-15(6)9-12(3)19-22;1-6-3-4-7(2)5(6)8;2-1(3,4)5;/h7-9,16H,1-6H3;3-4H,1-2H3;;/q;;-1;+1. The van der Waals surface area contributed by atoms with Crippen molar-refractivity contribution >= 4 is 28.0 Å². The Hall–Kier alpha value is -2.34. The zero-order chi connectivity index (χ0) is 26.7. The minimum Gasteiger partial charge on any atom is -0.418 e. The normalized spacial score (nSPS) is 10.9. The average Bonchev–Trinajstić information content (AvgIpc) is 3.41. The van der Waals surface area contributed by atoms with E-state index in [0.717, 1.165) is 38.9 Å². The summed E-state index contributed by atoms with van der Waals surface area (Å²) >= 11 is 2.94. The third kappa shape index (κ3) is 8.65. The van der Waals surface area contributed by atoms with Crippen LogP contribution in [0, 0.1) is 41.5 Å². The molecule has 4 aromatic heterocycles. The molecule has 202 valence electrons. The molecule has 0 N–H and O–H groups in total. The van der Waals surface area contributed by atoms with Crippen LogP contribution in [0.25, 0.3) is 0 Å². The van der Waals surface area contributed by atoms with Crippen molar-refractivity contribution in [2.75, 3.05) is 0 Å². The fraction of sp³-hybridized carbons (Fsp3) is 0.429. The minimum absolute atomic E-state index is 0. The number of rotatable bonds is 3. The SMILES string of the molecule is Cc1cc(C)n(C(n2nc(C)cc2C)n2nc(C)cc2C)n1.Cn1cc[n+](C)c1[Se-].F[B-](F)(F)F.[Cu+]. The number of hydrogen-bond donors (Lipinski definition) is 0. The molecule has 0 aliphatic heterocycles. The fourth-order valence-electron chi connectivity index (χ4n) is 3.53. The third-order valence-electron chi connectivity index (χ3n) is 4.91. The van der Waals surface area contributed by atoms with E-state index >= 15 is 0 Å². The molecule has 0 saturated heterocycles. The summed E-state index contributed by atoms with van der Waals surface area (Å²) < 4.78 is 50.1. The molecule has 0 unspecified atom stereocenters. The second-order valence-electron chi connectivity index (χ2n) is 8.26. The van der Waals surface area contributed by atoms with Crippen LogP contribution in [-0.2, 0) is 31.2 Å². The Morgan fingerprint density at radius 1 is 0.778 bits per heavy atom. The zero-order valence-electron chi connectivity index (χ0n) is 21.3. The van der Waals surface area contributed by atoms with Crippen LogP contribution in [0.1, 0.15) is 40.5 Å². The van der Waals surface area contributed by atoms with E-state index in [0.29, 0.717) is 0 Å². The Morgan fingerprint density at radius 2 is 1.08 bits per heavy atom. The summed E-state index contributed by atoms with van der Waals surface area (Å²) in [5.74, 6) is 0. The predicted octanol–water partition coefficient (Wildman–Crippen LogP) is 2.62. The average molecular weight is 624 g/mol. The number of imidazole rings is 1. The van der Waals surface area contributed by atoms with Gasteiger partial charge in [-0.25, -0.2) is 14.0 Å². The summed E-state index contributed by atoms with van der Waals surface area (Å²) in [6.07, 6.45) is 3.79. The number of aryl methyl sites for hydroxylation is 8. The van der Waals surface area contributed by atoms with Gasteiger partial charge in [0.05, 0.1) is 17.1 Å². The first kappa shape index (κ1) is 31.7. The van der Waals surface area contributed by atoms with E-state index in [2.05, 4.69) is 70.3 Å². The van der Waals surface area contributed by atoms with E-state index < -0.39 is 7.25 Å². The molecular formula is C21H30BCuF4N8Se. The molecule has 0 aromatic carbocycles. The van der Waals surface area contributed by atoms with Crippen molar-refractivity contribution in [2.24, 2.45) is 14.1 Å². The Morgan fingerprint density at radius 3 is 1.22 bits per heavy atom. The quantitative estimate of drug-likeness (QED) is 0.200. The third-order valence-corrected chi connectivity index (χ3v) is 6.12. The summed E-state index contributed by atoms with van der Waals surface area (Å²) in [5, 5.41) is 14.0. The van der Waals surface area contributed by atoms with Crippen molar-refractivity contribution < 1.29 is 38.9 Å². The van der Waals surface area contributed by atoms with E-state index in [-0.39, 0.29) is 23.4 Å². The van der Waals surface area contributed by atoms with Gasteiger partial charge < -0.3 is 17.3 Å². The monoisotopic (exact) mass is 624 g/mol. The van der Waals surface area contributed by atoms with E-state index in [1.165, 1.54) is 0 Å². The van der Waals surface area contributed by atoms with E-state index in [1.54, 1.807) is 0 Å². The van der Waals surface area contributed by atoms with Gasteiger partial charge in [-0.05, 0) is 59.7 Å². The molecule has 8 nitrogen and oxygen atoms in total.